The van der Waals surface area contributed by atoms with E-state index in [0.717, 1.165) is 11.1 Å². The molecule has 0 heterocycles. The Labute approximate surface area is 88.2 Å². The van der Waals surface area contributed by atoms with Crippen LogP contribution >= 0.6 is 11.6 Å². The predicted molar refractivity (Wildman–Crippen MR) is 54.6 cm³/mol. The van der Waals surface area contributed by atoms with Crippen LogP contribution in [0.5, 0.6) is 5.75 Å². The summed E-state index contributed by atoms with van der Waals surface area (Å²) in [6, 6.07) is 3.44. The zero-order chi connectivity index (χ0) is 10.6. The maximum absolute atomic E-state index is 9.17. The summed E-state index contributed by atoms with van der Waals surface area (Å²) in [7, 11) is 3.13. The fraction of sp³-hybridized carbons (Fsp3) is 0.400. The molecule has 4 heteroatoms. The molecule has 1 aromatic rings. The van der Waals surface area contributed by atoms with Crippen molar-refractivity contribution in [3.8, 4) is 5.75 Å². The SMILES string of the molecule is COCc1cc(Cl)cc(OC)c1CO. The Hall–Kier alpha value is -0.770. The Balaban J connectivity index is 3.17. The number of aliphatic hydroxyl groups excluding tert-OH is 1. The molecule has 0 amide bonds. The summed E-state index contributed by atoms with van der Waals surface area (Å²) >= 11 is 5.88. The summed E-state index contributed by atoms with van der Waals surface area (Å²) in [5, 5.41) is 9.74. The topological polar surface area (TPSA) is 38.7 Å². The Morgan fingerprint density at radius 3 is 2.57 bits per heavy atom. The molecule has 0 radical (unpaired) electrons. The van der Waals surface area contributed by atoms with Gasteiger partial charge in [0.15, 0.2) is 0 Å². The molecule has 0 atom stereocenters. The molecule has 1 rings (SSSR count). The Morgan fingerprint density at radius 1 is 1.36 bits per heavy atom. The lowest BCUT2D eigenvalue weighted by Crippen LogP contribution is -1.99. The van der Waals surface area contributed by atoms with Crippen LogP contribution in [0.15, 0.2) is 12.1 Å². The number of ether oxygens (including phenoxy) is 2. The highest BCUT2D eigenvalue weighted by Gasteiger charge is 2.09. The molecule has 0 unspecified atom stereocenters. The van der Waals surface area contributed by atoms with Gasteiger partial charge in [-0.2, -0.15) is 0 Å². The van der Waals surface area contributed by atoms with Gasteiger partial charge in [-0.25, -0.2) is 0 Å². The fourth-order valence-corrected chi connectivity index (χ4v) is 1.54. The fourth-order valence-electron chi connectivity index (χ4n) is 1.31. The second-order valence-electron chi connectivity index (χ2n) is 2.84. The molecular weight excluding hydrogens is 204 g/mol. The van der Waals surface area contributed by atoms with E-state index in [4.69, 9.17) is 26.2 Å². The predicted octanol–water partition coefficient (Wildman–Crippen LogP) is 1.99. The van der Waals surface area contributed by atoms with Gasteiger partial charge >= 0.3 is 0 Å². The molecule has 0 saturated heterocycles. The van der Waals surface area contributed by atoms with Gasteiger partial charge in [0.25, 0.3) is 0 Å². The third kappa shape index (κ3) is 2.38. The molecule has 0 saturated carbocycles. The van der Waals surface area contributed by atoms with Gasteiger partial charge < -0.3 is 14.6 Å². The molecule has 3 nitrogen and oxygen atoms in total. The first-order chi connectivity index (χ1) is 6.72. The highest BCUT2D eigenvalue weighted by molar-refractivity contribution is 6.30. The molecule has 0 fully saturated rings. The quantitative estimate of drug-likeness (QED) is 0.837. The zero-order valence-corrected chi connectivity index (χ0v) is 8.97. The summed E-state index contributed by atoms with van der Waals surface area (Å²) in [5.74, 6) is 0.590. The lowest BCUT2D eigenvalue weighted by atomic mass is 10.1. The lowest BCUT2D eigenvalue weighted by Gasteiger charge is -2.12. The number of halogens is 1. The van der Waals surface area contributed by atoms with E-state index < -0.39 is 0 Å². The summed E-state index contributed by atoms with van der Waals surface area (Å²) in [6.07, 6.45) is 0. The minimum absolute atomic E-state index is 0.0843. The monoisotopic (exact) mass is 216 g/mol. The largest absolute Gasteiger partial charge is 0.496 e. The smallest absolute Gasteiger partial charge is 0.126 e. The van der Waals surface area contributed by atoms with Crippen molar-refractivity contribution in [2.24, 2.45) is 0 Å². The van der Waals surface area contributed by atoms with E-state index in [0.29, 0.717) is 17.4 Å². The third-order valence-electron chi connectivity index (χ3n) is 1.94. The van der Waals surface area contributed by atoms with Crippen molar-refractivity contribution in [2.75, 3.05) is 14.2 Å². The third-order valence-corrected chi connectivity index (χ3v) is 2.16. The molecule has 14 heavy (non-hydrogen) atoms. The van der Waals surface area contributed by atoms with Crippen LogP contribution in [0.2, 0.25) is 5.02 Å². The maximum atomic E-state index is 9.17. The molecule has 0 aliphatic heterocycles. The van der Waals surface area contributed by atoms with Crippen LogP contribution in [0.4, 0.5) is 0 Å². The molecule has 1 N–H and O–H groups in total. The van der Waals surface area contributed by atoms with E-state index >= 15 is 0 Å². The Morgan fingerprint density at radius 2 is 2.07 bits per heavy atom. The van der Waals surface area contributed by atoms with Crippen molar-refractivity contribution < 1.29 is 14.6 Å². The first-order valence-corrected chi connectivity index (χ1v) is 4.55. The normalized spacial score (nSPS) is 10.3. The summed E-state index contributed by atoms with van der Waals surface area (Å²) in [5.41, 5.74) is 1.57. The highest BCUT2D eigenvalue weighted by atomic mass is 35.5. The minimum Gasteiger partial charge on any atom is -0.496 e. The standard InChI is InChI=1S/C10H13ClO3/c1-13-6-7-3-8(11)4-10(14-2)9(7)5-12/h3-4,12H,5-6H2,1-2H3. The average Bonchev–Trinajstić information content (AvgIpc) is 2.17. The number of rotatable bonds is 4. The van der Waals surface area contributed by atoms with E-state index in [9.17, 15) is 0 Å². The van der Waals surface area contributed by atoms with Gasteiger partial charge in [0, 0.05) is 17.7 Å². The lowest BCUT2D eigenvalue weighted by molar-refractivity contribution is 0.180. The van der Waals surface area contributed by atoms with Crippen LogP contribution < -0.4 is 4.74 Å². The van der Waals surface area contributed by atoms with Crippen molar-refractivity contribution in [2.45, 2.75) is 13.2 Å². The summed E-state index contributed by atoms with van der Waals surface area (Å²) < 4.78 is 10.1. The Bertz CT molecular complexity index is 312. The minimum atomic E-state index is -0.0843. The molecule has 0 aliphatic carbocycles. The summed E-state index contributed by atoms with van der Waals surface area (Å²) in [4.78, 5) is 0. The van der Waals surface area contributed by atoms with Gasteiger partial charge in [-0.1, -0.05) is 11.6 Å². The van der Waals surface area contributed by atoms with Gasteiger partial charge in [-0.15, -0.1) is 0 Å². The molecule has 0 spiro atoms. The highest BCUT2D eigenvalue weighted by Crippen LogP contribution is 2.27. The molecule has 0 aliphatic rings. The van der Waals surface area contributed by atoms with Crippen LogP contribution in [0.3, 0.4) is 0 Å². The van der Waals surface area contributed by atoms with E-state index in [1.54, 1.807) is 26.4 Å². The molecule has 78 valence electrons. The summed E-state index contributed by atoms with van der Waals surface area (Å²) in [6.45, 7) is 0.325. The number of methoxy groups -OCH3 is 2. The first kappa shape index (κ1) is 11.3. The molecule has 1 aromatic carbocycles. The zero-order valence-electron chi connectivity index (χ0n) is 8.21. The Kier molecular flexibility index (Phi) is 4.20. The molecule has 0 bridgehead atoms. The average molecular weight is 217 g/mol. The van der Waals surface area contributed by atoms with Gasteiger partial charge in [0.2, 0.25) is 0 Å². The van der Waals surface area contributed by atoms with Crippen molar-refractivity contribution >= 4 is 11.6 Å². The van der Waals surface area contributed by atoms with Gasteiger partial charge in [-0.3, -0.25) is 0 Å². The van der Waals surface area contributed by atoms with E-state index in [-0.39, 0.29) is 6.61 Å². The van der Waals surface area contributed by atoms with Crippen molar-refractivity contribution in [3.63, 3.8) is 0 Å². The molecule has 0 aromatic heterocycles. The van der Waals surface area contributed by atoms with Crippen LogP contribution in [0.25, 0.3) is 0 Å². The van der Waals surface area contributed by atoms with Crippen LogP contribution in [-0.4, -0.2) is 19.3 Å². The van der Waals surface area contributed by atoms with Crippen LogP contribution in [0, 0.1) is 0 Å². The second kappa shape index (κ2) is 5.20. The molecular formula is C10H13ClO3. The van der Waals surface area contributed by atoms with Crippen LogP contribution in [-0.2, 0) is 18.0 Å². The maximum Gasteiger partial charge on any atom is 0.126 e. The van der Waals surface area contributed by atoms with E-state index in [1.165, 1.54) is 0 Å². The van der Waals surface area contributed by atoms with Crippen molar-refractivity contribution in [3.05, 3.63) is 28.3 Å². The number of hydrogen-bond acceptors (Lipinski definition) is 3. The van der Waals surface area contributed by atoms with Gasteiger partial charge in [0.1, 0.15) is 5.75 Å². The number of benzene rings is 1. The second-order valence-corrected chi connectivity index (χ2v) is 3.27. The van der Waals surface area contributed by atoms with E-state index in [1.807, 2.05) is 0 Å². The number of aliphatic hydroxyl groups is 1. The van der Waals surface area contributed by atoms with Gasteiger partial charge in [-0.05, 0) is 17.7 Å². The van der Waals surface area contributed by atoms with Crippen LogP contribution in [0.1, 0.15) is 11.1 Å². The van der Waals surface area contributed by atoms with E-state index in [2.05, 4.69) is 0 Å². The van der Waals surface area contributed by atoms with Crippen molar-refractivity contribution in [1.82, 2.24) is 0 Å². The van der Waals surface area contributed by atoms with Gasteiger partial charge in [0.05, 0.1) is 20.3 Å². The van der Waals surface area contributed by atoms with Crippen molar-refractivity contribution in [1.29, 1.82) is 0 Å². The first-order valence-electron chi connectivity index (χ1n) is 4.18. The number of hydrogen-bond donors (Lipinski definition) is 1.